The smallest absolute Gasteiger partial charge is 0.316 e. The van der Waals surface area contributed by atoms with Crippen molar-refractivity contribution in [3.63, 3.8) is 0 Å². The van der Waals surface area contributed by atoms with Crippen molar-refractivity contribution in [1.82, 2.24) is 10.6 Å². The lowest BCUT2D eigenvalue weighted by Crippen LogP contribution is -2.50. The van der Waals surface area contributed by atoms with Crippen LogP contribution in [0.15, 0.2) is 30.3 Å². The topological polar surface area (TPSA) is 58.2 Å². The molecule has 4 nitrogen and oxygen atoms in total. The van der Waals surface area contributed by atoms with Crippen LogP contribution in [0.3, 0.4) is 0 Å². The summed E-state index contributed by atoms with van der Waals surface area (Å²) in [6, 6.07) is 8.83. The summed E-state index contributed by atoms with van der Waals surface area (Å²) in [6.45, 7) is 5.40. The van der Waals surface area contributed by atoms with Crippen molar-refractivity contribution in [3.8, 4) is 0 Å². The molecule has 1 aromatic carbocycles. The van der Waals surface area contributed by atoms with Crippen molar-refractivity contribution >= 4 is 12.3 Å². The molecule has 17 heavy (non-hydrogen) atoms. The van der Waals surface area contributed by atoms with Crippen LogP contribution in [0.4, 0.5) is 4.79 Å². The second kappa shape index (κ2) is 5.48. The van der Waals surface area contributed by atoms with Crippen LogP contribution in [0, 0.1) is 0 Å². The van der Waals surface area contributed by atoms with Gasteiger partial charge in [-0.15, -0.1) is 0 Å². The van der Waals surface area contributed by atoms with Gasteiger partial charge in [0, 0.05) is 6.04 Å². The lowest BCUT2D eigenvalue weighted by atomic mass is 9.94. The molecular weight excluding hydrogens is 216 g/mol. The minimum Gasteiger partial charge on any atom is -0.336 e. The van der Waals surface area contributed by atoms with E-state index in [2.05, 4.69) is 10.6 Å². The summed E-state index contributed by atoms with van der Waals surface area (Å²) in [5, 5.41) is 5.37. The Kier molecular flexibility index (Phi) is 4.26. The molecule has 1 atom stereocenters. The Morgan fingerprint density at radius 1 is 1.29 bits per heavy atom. The van der Waals surface area contributed by atoms with E-state index in [0.717, 1.165) is 11.8 Å². The number of nitrogens with one attached hydrogen (secondary N) is 2. The summed E-state index contributed by atoms with van der Waals surface area (Å²) in [5.74, 6) is 0. The molecule has 1 rings (SSSR count). The molecule has 0 saturated carbocycles. The SMILES string of the molecule is CC(C)NC(=O)NC(C)(C=O)c1ccccc1. The Morgan fingerprint density at radius 3 is 2.35 bits per heavy atom. The first-order valence-corrected chi connectivity index (χ1v) is 5.58. The van der Waals surface area contributed by atoms with Crippen LogP contribution in [0.5, 0.6) is 0 Å². The molecule has 0 saturated heterocycles. The summed E-state index contributed by atoms with van der Waals surface area (Å²) in [6.07, 6.45) is 0.738. The van der Waals surface area contributed by atoms with Gasteiger partial charge in [0.15, 0.2) is 0 Å². The van der Waals surface area contributed by atoms with E-state index in [1.165, 1.54) is 0 Å². The molecule has 0 bridgehead atoms. The van der Waals surface area contributed by atoms with Gasteiger partial charge in [0.1, 0.15) is 11.8 Å². The highest BCUT2D eigenvalue weighted by atomic mass is 16.2. The maximum absolute atomic E-state index is 11.6. The van der Waals surface area contributed by atoms with E-state index < -0.39 is 5.54 Å². The molecule has 0 fully saturated rings. The molecule has 2 N–H and O–H groups in total. The van der Waals surface area contributed by atoms with Crippen LogP contribution < -0.4 is 10.6 Å². The van der Waals surface area contributed by atoms with Crippen LogP contribution in [0.25, 0.3) is 0 Å². The fraction of sp³-hybridized carbons (Fsp3) is 0.385. The minimum absolute atomic E-state index is 0.0293. The first kappa shape index (κ1) is 13.2. The lowest BCUT2D eigenvalue weighted by molar-refractivity contribution is -0.112. The van der Waals surface area contributed by atoms with Gasteiger partial charge in [-0.05, 0) is 26.3 Å². The molecule has 0 aliphatic carbocycles. The molecule has 92 valence electrons. The molecule has 2 amide bonds. The Bertz CT molecular complexity index is 390. The lowest BCUT2D eigenvalue weighted by Gasteiger charge is -2.26. The van der Waals surface area contributed by atoms with Gasteiger partial charge < -0.3 is 15.4 Å². The number of aldehydes is 1. The van der Waals surface area contributed by atoms with Gasteiger partial charge in [-0.25, -0.2) is 4.79 Å². The number of carbonyl (C=O) groups is 2. The first-order valence-electron chi connectivity index (χ1n) is 5.58. The third kappa shape index (κ3) is 3.59. The fourth-order valence-corrected chi connectivity index (χ4v) is 1.49. The molecule has 4 heteroatoms. The third-order valence-corrected chi connectivity index (χ3v) is 2.40. The van der Waals surface area contributed by atoms with E-state index >= 15 is 0 Å². The largest absolute Gasteiger partial charge is 0.336 e. The van der Waals surface area contributed by atoms with Crippen molar-refractivity contribution in [1.29, 1.82) is 0 Å². The molecular formula is C13H18N2O2. The standard InChI is InChI=1S/C13H18N2O2/c1-10(2)14-12(17)15-13(3,9-16)11-7-5-4-6-8-11/h4-10H,1-3H3,(H2,14,15,17). The summed E-state index contributed by atoms with van der Waals surface area (Å²) in [5.41, 5.74) is -0.242. The normalized spacial score (nSPS) is 13.9. The third-order valence-electron chi connectivity index (χ3n) is 2.40. The van der Waals surface area contributed by atoms with E-state index in [0.29, 0.717) is 0 Å². The number of hydrogen-bond acceptors (Lipinski definition) is 2. The van der Waals surface area contributed by atoms with E-state index in [-0.39, 0.29) is 12.1 Å². The van der Waals surface area contributed by atoms with Crippen molar-refractivity contribution in [2.75, 3.05) is 0 Å². The minimum atomic E-state index is -1.000. The predicted octanol–water partition coefficient (Wildman–Crippen LogP) is 1.81. The average molecular weight is 234 g/mol. The monoisotopic (exact) mass is 234 g/mol. The summed E-state index contributed by atoms with van der Waals surface area (Å²) in [7, 11) is 0. The zero-order chi connectivity index (χ0) is 12.9. The van der Waals surface area contributed by atoms with E-state index in [1.807, 2.05) is 44.2 Å². The molecule has 0 aliphatic rings. The number of rotatable bonds is 4. The molecule has 0 radical (unpaired) electrons. The Hall–Kier alpha value is -1.84. The van der Waals surface area contributed by atoms with E-state index in [1.54, 1.807) is 6.92 Å². The number of carbonyl (C=O) groups excluding carboxylic acids is 2. The van der Waals surface area contributed by atoms with Gasteiger partial charge in [-0.3, -0.25) is 0 Å². The molecule has 0 aromatic heterocycles. The van der Waals surface area contributed by atoms with Crippen molar-refractivity contribution in [3.05, 3.63) is 35.9 Å². The van der Waals surface area contributed by atoms with Crippen LogP contribution in [-0.4, -0.2) is 18.4 Å². The van der Waals surface area contributed by atoms with Crippen molar-refractivity contribution in [2.45, 2.75) is 32.4 Å². The molecule has 1 aromatic rings. The molecule has 0 aliphatic heterocycles. The van der Waals surface area contributed by atoms with Crippen LogP contribution in [0.1, 0.15) is 26.3 Å². The predicted molar refractivity (Wildman–Crippen MR) is 66.7 cm³/mol. The Morgan fingerprint density at radius 2 is 1.88 bits per heavy atom. The maximum Gasteiger partial charge on any atom is 0.316 e. The zero-order valence-electron chi connectivity index (χ0n) is 10.4. The zero-order valence-corrected chi connectivity index (χ0v) is 10.4. The highest BCUT2D eigenvalue weighted by molar-refractivity contribution is 5.81. The summed E-state index contributed by atoms with van der Waals surface area (Å²) < 4.78 is 0. The fourth-order valence-electron chi connectivity index (χ4n) is 1.49. The van der Waals surface area contributed by atoms with Crippen LogP contribution in [0.2, 0.25) is 0 Å². The van der Waals surface area contributed by atoms with Gasteiger partial charge in [-0.2, -0.15) is 0 Å². The molecule has 0 spiro atoms. The number of hydrogen-bond donors (Lipinski definition) is 2. The van der Waals surface area contributed by atoms with Gasteiger partial charge in [0.05, 0.1) is 0 Å². The number of amides is 2. The molecule has 1 unspecified atom stereocenters. The molecule has 0 heterocycles. The average Bonchev–Trinajstić information content (AvgIpc) is 2.29. The highest BCUT2D eigenvalue weighted by Crippen LogP contribution is 2.17. The van der Waals surface area contributed by atoms with Crippen LogP contribution in [-0.2, 0) is 10.3 Å². The number of benzene rings is 1. The summed E-state index contributed by atoms with van der Waals surface area (Å²) >= 11 is 0. The van der Waals surface area contributed by atoms with E-state index in [9.17, 15) is 9.59 Å². The maximum atomic E-state index is 11.6. The second-order valence-corrected chi connectivity index (χ2v) is 4.44. The Labute approximate surface area is 101 Å². The van der Waals surface area contributed by atoms with Gasteiger partial charge >= 0.3 is 6.03 Å². The quantitative estimate of drug-likeness (QED) is 0.780. The first-order chi connectivity index (χ1) is 7.98. The second-order valence-electron chi connectivity index (χ2n) is 4.44. The van der Waals surface area contributed by atoms with Gasteiger partial charge in [0.2, 0.25) is 0 Å². The highest BCUT2D eigenvalue weighted by Gasteiger charge is 2.27. The van der Waals surface area contributed by atoms with Crippen molar-refractivity contribution < 1.29 is 9.59 Å². The number of urea groups is 1. The van der Waals surface area contributed by atoms with E-state index in [4.69, 9.17) is 0 Å². The van der Waals surface area contributed by atoms with Crippen LogP contribution >= 0.6 is 0 Å². The van der Waals surface area contributed by atoms with Gasteiger partial charge in [0.25, 0.3) is 0 Å². The van der Waals surface area contributed by atoms with Crippen molar-refractivity contribution in [2.24, 2.45) is 0 Å². The summed E-state index contributed by atoms with van der Waals surface area (Å²) in [4.78, 5) is 22.8. The van der Waals surface area contributed by atoms with Gasteiger partial charge in [-0.1, -0.05) is 30.3 Å². The Balaban J connectivity index is 2.83.